The van der Waals surface area contributed by atoms with Crippen molar-refractivity contribution in [1.82, 2.24) is 14.8 Å². The summed E-state index contributed by atoms with van der Waals surface area (Å²) in [6.07, 6.45) is 0. The molecule has 7 nitrogen and oxygen atoms in total. The van der Waals surface area contributed by atoms with Crippen molar-refractivity contribution >= 4 is 46.4 Å². The Kier molecular flexibility index (Phi) is 8.40. The van der Waals surface area contributed by atoms with Crippen LogP contribution in [0.1, 0.15) is 34.2 Å². The van der Waals surface area contributed by atoms with Gasteiger partial charge < -0.3 is 15.2 Å². The molecule has 184 valence electrons. The second kappa shape index (κ2) is 11.9. The van der Waals surface area contributed by atoms with Gasteiger partial charge in [-0.3, -0.25) is 9.59 Å². The summed E-state index contributed by atoms with van der Waals surface area (Å²) in [6.45, 7) is 4.50. The highest BCUT2D eigenvalue weighted by atomic mass is 35.5. The van der Waals surface area contributed by atoms with Crippen molar-refractivity contribution in [3.8, 4) is 0 Å². The van der Waals surface area contributed by atoms with Crippen molar-refractivity contribution in [2.75, 3.05) is 16.4 Å². The Bertz CT molecular complexity index is 1360. The minimum absolute atomic E-state index is 0.0167. The first-order valence-corrected chi connectivity index (χ1v) is 12.7. The van der Waals surface area contributed by atoms with Gasteiger partial charge in [0.15, 0.2) is 16.8 Å². The highest BCUT2D eigenvalue weighted by molar-refractivity contribution is 7.99. The van der Waals surface area contributed by atoms with Gasteiger partial charge in [-0.25, -0.2) is 0 Å². The first kappa shape index (κ1) is 25.5. The van der Waals surface area contributed by atoms with Gasteiger partial charge >= 0.3 is 0 Å². The molecule has 36 heavy (non-hydrogen) atoms. The van der Waals surface area contributed by atoms with Gasteiger partial charge in [-0.1, -0.05) is 59.8 Å². The number of carbonyl (C=O) groups is 2. The Morgan fingerprint density at radius 3 is 2.39 bits per heavy atom. The number of hydrogen-bond donors (Lipinski definition) is 2. The largest absolute Gasteiger partial charge is 0.378 e. The molecule has 9 heteroatoms. The van der Waals surface area contributed by atoms with Gasteiger partial charge in [-0.05, 0) is 61.4 Å². The second-order valence-corrected chi connectivity index (χ2v) is 9.61. The number of ketones is 1. The minimum Gasteiger partial charge on any atom is -0.378 e. The van der Waals surface area contributed by atoms with E-state index in [2.05, 4.69) is 20.8 Å². The Balaban J connectivity index is 1.45. The fourth-order valence-corrected chi connectivity index (χ4v) is 4.42. The van der Waals surface area contributed by atoms with Crippen LogP contribution in [0.2, 0.25) is 5.02 Å². The maximum Gasteiger partial charge on any atom is 0.234 e. The number of thioether (sulfide) groups is 1. The van der Waals surface area contributed by atoms with Crippen molar-refractivity contribution in [1.29, 1.82) is 0 Å². The predicted molar refractivity (Wildman–Crippen MR) is 145 cm³/mol. The zero-order valence-electron chi connectivity index (χ0n) is 20.0. The van der Waals surface area contributed by atoms with E-state index >= 15 is 0 Å². The lowest BCUT2D eigenvalue weighted by Crippen LogP contribution is -2.15. The van der Waals surface area contributed by atoms with Crippen molar-refractivity contribution < 1.29 is 9.59 Å². The number of carbonyl (C=O) groups excluding carboxylic acids is 2. The fourth-order valence-electron chi connectivity index (χ4n) is 3.48. The number of anilines is 2. The molecule has 0 atom stereocenters. The van der Waals surface area contributed by atoms with Gasteiger partial charge in [0.05, 0.1) is 18.8 Å². The lowest BCUT2D eigenvalue weighted by Gasteiger charge is -2.12. The molecule has 4 aromatic rings. The summed E-state index contributed by atoms with van der Waals surface area (Å²) >= 11 is 7.58. The molecule has 0 spiro atoms. The molecule has 0 saturated heterocycles. The Labute approximate surface area is 219 Å². The zero-order valence-corrected chi connectivity index (χ0v) is 21.6. The number of rotatable bonds is 10. The van der Waals surface area contributed by atoms with E-state index in [-0.39, 0.29) is 17.4 Å². The maximum absolute atomic E-state index is 12.6. The third-order valence-electron chi connectivity index (χ3n) is 5.51. The Morgan fingerprint density at radius 1 is 0.972 bits per heavy atom. The number of aromatic nitrogens is 3. The van der Waals surface area contributed by atoms with Crippen LogP contribution in [0.5, 0.6) is 0 Å². The normalized spacial score (nSPS) is 10.8. The molecule has 4 rings (SSSR count). The Morgan fingerprint density at radius 2 is 1.69 bits per heavy atom. The van der Waals surface area contributed by atoms with E-state index < -0.39 is 0 Å². The van der Waals surface area contributed by atoms with Crippen molar-refractivity contribution in [3.05, 3.63) is 100 Å². The fraction of sp³-hybridized carbons (Fsp3) is 0.185. The monoisotopic (exact) mass is 519 g/mol. The molecule has 0 saturated carbocycles. The molecule has 0 fully saturated rings. The zero-order chi connectivity index (χ0) is 25.5. The van der Waals surface area contributed by atoms with Gasteiger partial charge in [0.1, 0.15) is 0 Å². The molecule has 0 bridgehead atoms. The molecule has 0 radical (unpaired) electrons. The third kappa shape index (κ3) is 6.74. The van der Waals surface area contributed by atoms with Gasteiger partial charge in [-0.15, -0.1) is 10.2 Å². The van der Waals surface area contributed by atoms with Crippen LogP contribution < -0.4 is 10.6 Å². The predicted octanol–water partition coefficient (Wildman–Crippen LogP) is 5.83. The number of hydrogen-bond acceptors (Lipinski definition) is 6. The van der Waals surface area contributed by atoms with Gasteiger partial charge in [0, 0.05) is 22.0 Å². The summed E-state index contributed by atoms with van der Waals surface area (Å²) < 4.78 is 2.01. The van der Waals surface area contributed by atoms with E-state index in [4.69, 9.17) is 11.6 Å². The third-order valence-corrected chi connectivity index (χ3v) is 6.88. The lowest BCUT2D eigenvalue weighted by molar-refractivity contribution is -0.113. The van der Waals surface area contributed by atoms with Gasteiger partial charge in [-0.2, -0.15) is 0 Å². The number of nitrogens with one attached hydrogen (secondary N) is 2. The van der Waals surface area contributed by atoms with Crippen LogP contribution in [0.15, 0.2) is 78.0 Å². The van der Waals surface area contributed by atoms with Gasteiger partial charge in [0.25, 0.3) is 0 Å². The lowest BCUT2D eigenvalue weighted by atomic mass is 10.1. The second-order valence-electron chi connectivity index (χ2n) is 8.26. The molecule has 1 amide bonds. The summed E-state index contributed by atoms with van der Waals surface area (Å²) in [6, 6.07) is 22.7. The average Bonchev–Trinajstić information content (AvgIpc) is 3.25. The summed E-state index contributed by atoms with van der Waals surface area (Å²) in [5.74, 6) is 0.733. The van der Waals surface area contributed by atoms with Crippen LogP contribution in [-0.4, -0.2) is 32.2 Å². The van der Waals surface area contributed by atoms with E-state index in [0.29, 0.717) is 34.5 Å². The quantitative estimate of drug-likeness (QED) is 0.202. The minimum atomic E-state index is -0.168. The number of Topliss-reactive ketones (excluding diaryl/α,β-unsaturated/α-hetero) is 1. The van der Waals surface area contributed by atoms with E-state index in [1.807, 2.05) is 60.0 Å². The number of halogens is 1. The highest BCUT2D eigenvalue weighted by Gasteiger charge is 2.15. The van der Waals surface area contributed by atoms with Crippen molar-refractivity contribution in [2.24, 2.45) is 0 Å². The number of aryl methyl sites for hydroxylation is 1. The topological polar surface area (TPSA) is 88.9 Å². The van der Waals surface area contributed by atoms with E-state index in [0.717, 1.165) is 22.6 Å². The van der Waals surface area contributed by atoms with E-state index in [1.165, 1.54) is 18.7 Å². The molecule has 1 heterocycles. The molecule has 0 aliphatic rings. The van der Waals surface area contributed by atoms with Crippen LogP contribution in [-0.2, 0) is 17.9 Å². The van der Waals surface area contributed by atoms with Crippen LogP contribution in [0.25, 0.3) is 0 Å². The van der Waals surface area contributed by atoms with Crippen molar-refractivity contribution in [2.45, 2.75) is 32.1 Å². The standard InChI is InChI=1S/C27H26ClN5O2S/c1-18-8-11-23(14-24(18)28)29-15-25-31-32-27(33(25)16-20-6-4-3-5-7-20)36-17-26(35)30-22-12-9-21(10-13-22)19(2)34/h3-14,29H,15-17H2,1-2H3,(H,30,35). The molecule has 3 aromatic carbocycles. The number of amides is 1. The van der Waals surface area contributed by atoms with Crippen LogP contribution in [0.4, 0.5) is 11.4 Å². The number of benzene rings is 3. The molecule has 1 aromatic heterocycles. The summed E-state index contributed by atoms with van der Waals surface area (Å²) in [4.78, 5) is 24.0. The average molecular weight is 520 g/mol. The van der Waals surface area contributed by atoms with E-state index in [1.54, 1.807) is 24.3 Å². The SMILES string of the molecule is CC(=O)c1ccc(NC(=O)CSc2nnc(CNc3ccc(C)c(Cl)c3)n2Cc2ccccc2)cc1. The van der Waals surface area contributed by atoms with Gasteiger partial charge in [0.2, 0.25) is 5.91 Å². The first-order valence-electron chi connectivity index (χ1n) is 11.4. The molecule has 0 unspecified atom stereocenters. The van der Waals surface area contributed by atoms with Crippen LogP contribution >= 0.6 is 23.4 Å². The maximum atomic E-state index is 12.6. The molecule has 0 aliphatic carbocycles. The van der Waals surface area contributed by atoms with Crippen LogP contribution in [0, 0.1) is 6.92 Å². The summed E-state index contributed by atoms with van der Waals surface area (Å²) in [7, 11) is 0. The van der Waals surface area contributed by atoms with Crippen LogP contribution in [0.3, 0.4) is 0 Å². The summed E-state index contributed by atoms with van der Waals surface area (Å²) in [5.41, 5.74) is 4.25. The summed E-state index contributed by atoms with van der Waals surface area (Å²) in [5, 5.41) is 16.3. The highest BCUT2D eigenvalue weighted by Crippen LogP contribution is 2.23. The first-order chi connectivity index (χ1) is 17.4. The Hall–Kier alpha value is -3.62. The van der Waals surface area contributed by atoms with E-state index in [9.17, 15) is 9.59 Å². The molecular weight excluding hydrogens is 494 g/mol. The molecular formula is C27H26ClN5O2S. The van der Waals surface area contributed by atoms with Crippen molar-refractivity contribution in [3.63, 3.8) is 0 Å². The number of nitrogens with zero attached hydrogens (tertiary/aromatic N) is 3. The molecule has 2 N–H and O–H groups in total. The molecule has 0 aliphatic heterocycles. The smallest absolute Gasteiger partial charge is 0.234 e.